The molecule has 1 aliphatic heterocycles. The van der Waals surface area contributed by atoms with Gasteiger partial charge in [-0.25, -0.2) is 13.1 Å². The molecule has 0 aromatic carbocycles. The van der Waals surface area contributed by atoms with Crippen LogP contribution in [0.3, 0.4) is 0 Å². The van der Waals surface area contributed by atoms with Gasteiger partial charge in [0.1, 0.15) is 0 Å². The van der Waals surface area contributed by atoms with Crippen LogP contribution in [0.5, 0.6) is 0 Å². The van der Waals surface area contributed by atoms with E-state index in [0.29, 0.717) is 6.54 Å². The molecular weight excluding hydrogens is 294 g/mol. The van der Waals surface area contributed by atoms with Crippen LogP contribution in [0.25, 0.3) is 0 Å². The molecule has 0 aliphatic carbocycles. The van der Waals surface area contributed by atoms with E-state index in [1.165, 1.54) is 0 Å². The lowest BCUT2D eigenvalue weighted by Crippen LogP contribution is -2.52. The Hall–Kier alpha value is -0.700. The zero-order valence-corrected chi connectivity index (χ0v) is 14.1. The van der Waals surface area contributed by atoms with Gasteiger partial charge in [-0.2, -0.15) is 0 Å². The van der Waals surface area contributed by atoms with Gasteiger partial charge >= 0.3 is 0 Å². The second-order valence-corrected chi connectivity index (χ2v) is 7.61. The van der Waals surface area contributed by atoms with Crippen molar-refractivity contribution in [1.82, 2.24) is 14.9 Å². The van der Waals surface area contributed by atoms with Crippen LogP contribution in [-0.4, -0.2) is 69.9 Å². The van der Waals surface area contributed by atoms with Gasteiger partial charge in [-0.05, 0) is 20.8 Å². The number of hydrogen-bond acceptors (Lipinski definition) is 5. The van der Waals surface area contributed by atoms with Crippen molar-refractivity contribution >= 4 is 15.9 Å². The Balaban J connectivity index is 2.25. The van der Waals surface area contributed by atoms with Gasteiger partial charge in [-0.15, -0.1) is 0 Å². The number of carbonyl (C=O) groups excluding carboxylic acids is 1. The maximum atomic E-state index is 11.7. The van der Waals surface area contributed by atoms with E-state index in [1.807, 2.05) is 13.8 Å². The van der Waals surface area contributed by atoms with Crippen LogP contribution in [0.2, 0.25) is 0 Å². The average molecular weight is 321 g/mol. The SMILES string of the molecule is C[C@@H]1CN([C@H](C)CNC(=O)CCNS(C)(=O)=O)C[C@@H](C)O1. The van der Waals surface area contributed by atoms with Crippen molar-refractivity contribution in [2.45, 2.75) is 45.4 Å². The minimum absolute atomic E-state index is 0.130. The van der Waals surface area contributed by atoms with E-state index in [1.54, 1.807) is 0 Å². The van der Waals surface area contributed by atoms with Gasteiger partial charge in [-0.1, -0.05) is 0 Å². The van der Waals surface area contributed by atoms with E-state index in [0.717, 1.165) is 19.3 Å². The summed E-state index contributed by atoms with van der Waals surface area (Å²) in [6.45, 7) is 8.56. The fraction of sp³-hybridized carbons (Fsp3) is 0.923. The molecule has 1 saturated heterocycles. The maximum Gasteiger partial charge on any atom is 0.221 e. The molecule has 0 spiro atoms. The van der Waals surface area contributed by atoms with Crippen LogP contribution in [0.15, 0.2) is 0 Å². The lowest BCUT2D eigenvalue weighted by Gasteiger charge is -2.39. The molecule has 0 unspecified atom stereocenters. The third kappa shape index (κ3) is 7.75. The summed E-state index contributed by atoms with van der Waals surface area (Å²) in [5.74, 6) is -0.146. The molecule has 0 radical (unpaired) electrons. The number of sulfonamides is 1. The zero-order chi connectivity index (χ0) is 16.0. The maximum absolute atomic E-state index is 11.7. The normalized spacial score (nSPS) is 25.5. The fourth-order valence-corrected chi connectivity index (χ4v) is 2.88. The number of rotatable bonds is 7. The molecule has 0 aromatic rings. The summed E-state index contributed by atoms with van der Waals surface area (Å²) in [6.07, 6.45) is 1.63. The Morgan fingerprint density at radius 3 is 2.43 bits per heavy atom. The zero-order valence-electron chi connectivity index (χ0n) is 13.3. The highest BCUT2D eigenvalue weighted by Gasteiger charge is 2.25. The van der Waals surface area contributed by atoms with Gasteiger partial charge in [0.2, 0.25) is 15.9 Å². The Bertz CT molecular complexity index is 431. The van der Waals surface area contributed by atoms with Gasteiger partial charge in [0.25, 0.3) is 0 Å². The monoisotopic (exact) mass is 321 g/mol. The smallest absolute Gasteiger partial charge is 0.221 e. The molecular formula is C13H27N3O4S. The average Bonchev–Trinajstić information content (AvgIpc) is 2.33. The number of morpholine rings is 1. The Morgan fingerprint density at radius 2 is 1.90 bits per heavy atom. The topological polar surface area (TPSA) is 87.7 Å². The highest BCUT2D eigenvalue weighted by atomic mass is 32.2. The Morgan fingerprint density at radius 1 is 1.33 bits per heavy atom. The van der Waals surface area contributed by atoms with Crippen molar-refractivity contribution < 1.29 is 17.9 Å². The fourth-order valence-electron chi connectivity index (χ4n) is 2.41. The molecule has 1 heterocycles. The van der Waals surface area contributed by atoms with E-state index in [4.69, 9.17) is 4.74 Å². The molecule has 0 saturated carbocycles. The summed E-state index contributed by atoms with van der Waals surface area (Å²) in [5, 5.41) is 2.84. The van der Waals surface area contributed by atoms with Crippen molar-refractivity contribution in [2.24, 2.45) is 0 Å². The first-order valence-electron chi connectivity index (χ1n) is 7.28. The van der Waals surface area contributed by atoms with E-state index in [2.05, 4.69) is 21.9 Å². The third-order valence-electron chi connectivity index (χ3n) is 3.38. The Labute approximate surface area is 127 Å². The highest BCUT2D eigenvalue weighted by Crippen LogP contribution is 2.13. The van der Waals surface area contributed by atoms with E-state index in [-0.39, 0.29) is 37.1 Å². The number of nitrogens with one attached hydrogen (secondary N) is 2. The number of carbonyl (C=O) groups is 1. The van der Waals surface area contributed by atoms with Crippen LogP contribution in [0.4, 0.5) is 0 Å². The summed E-state index contributed by atoms with van der Waals surface area (Å²) in [5.41, 5.74) is 0. The van der Waals surface area contributed by atoms with Crippen molar-refractivity contribution in [1.29, 1.82) is 0 Å². The van der Waals surface area contributed by atoms with E-state index in [9.17, 15) is 13.2 Å². The Kier molecular flexibility index (Phi) is 7.05. The van der Waals surface area contributed by atoms with Gasteiger partial charge in [0.05, 0.1) is 18.5 Å². The molecule has 1 rings (SSSR count). The minimum Gasteiger partial charge on any atom is -0.373 e. The van der Waals surface area contributed by atoms with Gasteiger partial charge in [-0.3, -0.25) is 9.69 Å². The molecule has 2 N–H and O–H groups in total. The first kappa shape index (κ1) is 18.3. The minimum atomic E-state index is -3.23. The van der Waals surface area contributed by atoms with Crippen LogP contribution >= 0.6 is 0 Å². The van der Waals surface area contributed by atoms with Crippen LogP contribution in [0, 0.1) is 0 Å². The quantitative estimate of drug-likeness (QED) is 0.662. The molecule has 8 heteroatoms. The molecule has 1 aliphatic rings. The molecule has 124 valence electrons. The van der Waals surface area contributed by atoms with E-state index < -0.39 is 10.0 Å². The van der Waals surface area contributed by atoms with Gasteiger partial charge in [0.15, 0.2) is 0 Å². The standard InChI is InChI=1S/C13H27N3O4S/c1-10(16-8-11(2)20-12(3)9-16)7-14-13(17)5-6-15-21(4,18)19/h10-12,15H,5-9H2,1-4H3,(H,14,17)/t10-,11-,12-/m1/s1. The predicted molar refractivity (Wildman–Crippen MR) is 81.5 cm³/mol. The van der Waals surface area contributed by atoms with Crippen LogP contribution < -0.4 is 10.0 Å². The summed E-state index contributed by atoms with van der Waals surface area (Å²) >= 11 is 0. The van der Waals surface area contributed by atoms with Gasteiger partial charge in [0, 0.05) is 38.6 Å². The highest BCUT2D eigenvalue weighted by molar-refractivity contribution is 7.88. The molecule has 0 aromatic heterocycles. The molecule has 21 heavy (non-hydrogen) atoms. The molecule has 7 nitrogen and oxygen atoms in total. The molecule has 0 bridgehead atoms. The molecule has 1 fully saturated rings. The molecule has 1 amide bonds. The summed E-state index contributed by atoms with van der Waals surface area (Å²) in [7, 11) is -3.23. The number of nitrogens with zero attached hydrogens (tertiary/aromatic N) is 1. The van der Waals surface area contributed by atoms with Crippen LogP contribution in [0.1, 0.15) is 27.2 Å². The summed E-state index contributed by atoms with van der Waals surface area (Å²) in [6, 6.07) is 0.227. The number of hydrogen-bond donors (Lipinski definition) is 2. The lowest BCUT2D eigenvalue weighted by atomic mass is 10.1. The lowest BCUT2D eigenvalue weighted by molar-refractivity contribution is -0.121. The number of amides is 1. The summed E-state index contributed by atoms with van der Waals surface area (Å²) < 4.78 is 29.8. The first-order valence-corrected chi connectivity index (χ1v) is 9.17. The van der Waals surface area contributed by atoms with Crippen molar-refractivity contribution in [3.63, 3.8) is 0 Å². The second kappa shape index (κ2) is 8.07. The van der Waals surface area contributed by atoms with Gasteiger partial charge < -0.3 is 10.1 Å². The second-order valence-electron chi connectivity index (χ2n) is 5.78. The third-order valence-corrected chi connectivity index (χ3v) is 4.11. The van der Waals surface area contributed by atoms with Crippen LogP contribution in [-0.2, 0) is 19.6 Å². The number of ether oxygens (including phenoxy) is 1. The van der Waals surface area contributed by atoms with Crippen molar-refractivity contribution in [3.8, 4) is 0 Å². The van der Waals surface area contributed by atoms with Crippen molar-refractivity contribution in [3.05, 3.63) is 0 Å². The largest absolute Gasteiger partial charge is 0.373 e. The first-order chi connectivity index (χ1) is 9.67. The van der Waals surface area contributed by atoms with Crippen molar-refractivity contribution in [2.75, 3.05) is 32.4 Å². The molecule has 3 atom stereocenters. The van der Waals surface area contributed by atoms with E-state index >= 15 is 0 Å². The summed E-state index contributed by atoms with van der Waals surface area (Å²) in [4.78, 5) is 14.0. The predicted octanol–water partition coefficient (Wildman–Crippen LogP) is -0.460.